The molecule has 78 heavy (non-hydrogen) atoms. The number of fused-ring (bicyclic) bond motifs is 16. The van der Waals surface area contributed by atoms with Crippen LogP contribution in [-0.4, -0.2) is 34.1 Å². The van der Waals surface area contributed by atoms with Crippen LogP contribution in [0.15, 0.2) is 246 Å². The van der Waals surface area contributed by atoms with Crippen molar-refractivity contribution in [2.45, 2.75) is 0 Å². The molecule has 17 aromatic rings. The van der Waals surface area contributed by atoms with Crippen LogP contribution in [0.5, 0.6) is 0 Å². The van der Waals surface area contributed by atoms with Crippen LogP contribution < -0.4 is 0 Å². The number of para-hydroxylation sites is 2. The summed E-state index contributed by atoms with van der Waals surface area (Å²) in [6.45, 7) is 0. The van der Waals surface area contributed by atoms with E-state index in [9.17, 15) is 0 Å². The van der Waals surface area contributed by atoms with E-state index < -0.39 is 0 Å². The van der Waals surface area contributed by atoms with E-state index in [0.717, 1.165) is 148 Å². The lowest BCUT2D eigenvalue weighted by molar-refractivity contribution is 0.668. The van der Waals surface area contributed by atoms with Crippen LogP contribution in [0.2, 0.25) is 0 Å². The smallest absolute Gasteiger partial charge is 0.238 e. The van der Waals surface area contributed by atoms with Gasteiger partial charge in [0, 0.05) is 71.2 Å². The maximum atomic E-state index is 6.34. The predicted molar refractivity (Wildman–Crippen MR) is 315 cm³/mol. The molecule has 17 rings (SSSR count). The van der Waals surface area contributed by atoms with Crippen molar-refractivity contribution >= 4 is 109 Å². The number of nitrogens with zero attached hydrogens (tertiary/aromatic N) is 7. The first-order chi connectivity index (χ1) is 38.6. The molecule has 0 aliphatic heterocycles. The fourth-order valence-electron chi connectivity index (χ4n) is 12.0. The Kier molecular flexibility index (Phi) is 8.93. The molecule has 362 valence electrons. The van der Waals surface area contributed by atoms with Crippen molar-refractivity contribution in [2.24, 2.45) is 0 Å². The normalized spacial score (nSPS) is 12.1. The van der Waals surface area contributed by atoms with Gasteiger partial charge in [0.1, 0.15) is 22.3 Å². The number of hydrogen-bond acceptors (Lipinski definition) is 7. The fraction of sp³-hybridized carbons (Fsp3) is 0. The van der Waals surface area contributed by atoms with Crippen LogP contribution in [0.4, 0.5) is 0 Å². The van der Waals surface area contributed by atoms with Crippen LogP contribution in [0, 0.1) is 0 Å². The topological polar surface area (TPSA) is 101 Å². The van der Waals surface area contributed by atoms with Crippen molar-refractivity contribution in [3.63, 3.8) is 0 Å². The van der Waals surface area contributed by atoms with E-state index in [2.05, 4.69) is 167 Å². The van der Waals surface area contributed by atoms with Crippen molar-refractivity contribution < 1.29 is 8.83 Å². The molecule has 9 heteroatoms. The molecule has 0 fully saturated rings. The molecule has 0 saturated heterocycles. The average molecular weight is 998 g/mol. The molecule has 0 saturated carbocycles. The number of benzene rings is 10. The molecule has 9 nitrogen and oxygen atoms in total. The Labute approximate surface area is 443 Å². The SMILES string of the molecule is c1ccc(-c2ccc3c(c2)c2ccc4c5cc(-c6ccccc6)ccc5n(-c5nc(-c6ccc7oc8ccccc8c7c6)nc(-c6ccc7oc8ccccc8c7c6)n5)c4c2n3-c2cnc3ccc4cccnc4c3c2)cc1. The lowest BCUT2D eigenvalue weighted by Gasteiger charge is -2.14. The first-order valence-electron chi connectivity index (χ1n) is 26.0. The number of pyridine rings is 2. The second kappa shape index (κ2) is 16.4. The lowest BCUT2D eigenvalue weighted by Crippen LogP contribution is -2.07. The van der Waals surface area contributed by atoms with E-state index in [4.69, 9.17) is 33.8 Å². The van der Waals surface area contributed by atoms with Gasteiger partial charge < -0.3 is 13.4 Å². The molecule has 7 aromatic heterocycles. The first kappa shape index (κ1) is 42.6. The molecule has 0 N–H and O–H groups in total. The minimum absolute atomic E-state index is 0.470. The maximum absolute atomic E-state index is 6.34. The van der Waals surface area contributed by atoms with Gasteiger partial charge in [0.2, 0.25) is 5.95 Å². The van der Waals surface area contributed by atoms with Crippen LogP contribution in [0.3, 0.4) is 0 Å². The molecule has 0 aliphatic rings. The van der Waals surface area contributed by atoms with Crippen molar-refractivity contribution in [1.82, 2.24) is 34.1 Å². The van der Waals surface area contributed by atoms with Crippen molar-refractivity contribution in [3.8, 4) is 56.7 Å². The van der Waals surface area contributed by atoms with Gasteiger partial charge in [0.15, 0.2) is 11.6 Å². The molecule has 0 amide bonds. The number of aromatic nitrogens is 7. The highest BCUT2D eigenvalue weighted by Crippen LogP contribution is 2.45. The zero-order valence-corrected chi connectivity index (χ0v) is 41.5. The summed E-state index contributed by atoms with van der Waals surface area (Å²) in [7, 11) is 0. The molecular weight excluding hydrogens is 959 g/mol. The molecule has 0 aliphatic carbocycles. The van der Waals surface area contributed by atoms with Gasteiger partial charge in [0.05, 0.1) is 45.0 Å². The summed E-state index contributed by atoms with van der Waals surface area (Å²) in [5, 5.41) is 10.3. The molecule has 0 radical (unpaired) electrons. The third-order valence-corrected chi connectivity index (χ3v) is 15.6. The Balaban J connectivity index is 1.01. The summed E-state index contributed by atoms with van der Waals surface area (Å²) in [6, 6.07) is 78.4. The monoisotopic (exact) mass is 997 g/mol. The molecule has 0 bridgehead atoms. The van der Waals surface area contributed by atoms with Crippen LogP contribution >= 0.6 is 0 Å². The molecular formula is C69H39N7O2. The van der Waals surface area contributed by atoms with Crippen molar-refractivity contribution in [3.05, 3.63) is 237 Å². The lowest BCUT2D eigenvalue weighted by atomic mass is 10.0. The van der Waals surface area contributed by atoms with Gasteiger partial charge in [-0.1, -0.05) is 133 Å². The summed E-state index contributed by atoms with van der Waals surface area (Å²) < 4.78 is 17.3. The highest BCUT2D eigenvalue weighted by molar-refractivity contribution is 6.24. The standard InChI is InChI=1S/C69H39N7O2/c1-3-12-40(13-4-1)43-22-29-58-52(34-43)50-26-27-51-53-35-44(41-14-5-2-6-15-41)23-30-59(53)76(66(51)65(50)75(58)47-38-56-57(71-39-47)28-21-42-16-11-33-70-64(42)56)69-73-67(45-24-31-62-54(36-45)48-17-7-9-19-60(48)77-62)72-68(74-69)46-25-32-63-55(37-46)49-18-8-10-20-61(49)78-63/h1-39H. The number of hydrogen-bond donors (Lipinski definition) is 0. The van der Waals surface area contributed by atoms with E-state index in [0.29, 0.717) is 17.6 Å². The molecule has 0 spiro atoms. The largest absolute Gasteiger partial charge is 0.456 e. The van der Waals surface area contributed by atoms with Gasteiger partial charge in [-0.3, -0.25) is 14.5 Å². The zero-order chi connectivity index (χ0) is 51.0. The summed E-state index contributed by atoms with van der Waals surface area (Å²) in [6.07, 6.45) is 3.85. The van der Waals surface area contributed by atoms with Gasteiger partial charge >= 0.3 is 0 Å². The maximum Gasteiger partial charge on any atom is 0.238 e. The van der Waals surface area contributed by atoms with E-state index >= 15 is 0 Å². The summed E-state index contributed by atoms with van der Waals surface area (Å²) >= 11 is 0. The second-order valence-electron chi connectivity index (χ2n) is 20.0. The third-order valence-electron chi connectivity index (χ3n) is 15.6. The summed E-state index contributed by atoms with van der Waals surface area (Å²) in [4.78, 5) is 26.6. The van der Waals surface area contributed by atoms with Gasteiger partial charge in [-0.05, 0) is 113 Å². The van der Waals surface area contributed by atoms with Crippen molar-refractivity contribution in [1.29, 1.82) is 0 Å². The Morgan fingerprint density at radius 3 is 1.46 bits per heavy atom. The molecule has 0 atom stereocenters. The van der Waals surface area contributed by atoms with Gasteiger partial charge in [0.25, 0.3) is 0 Å². The average Bonchev–Trinajstić information content (AvgIpc) is 4.15. The minimum atomic E-state index is 0.470. The second-order valence-corrected chi connectivity index (χ2v) is 20.0. The first-order valence-corrected chi connectivity index (χ1v) is 26.0. The highest BCUT2D eigenvalue weighted by atomic mass is 16.3. The Hall–Kier alpha value is -10.8. The van der Waals surface area contributed by atoms with Crippen LogP contribution in [0.25, 0.3) is 166 Å². The third kappa shape index (κ3) is 6.39. The van der Waals surface area contributed by atoms with E-state index in [1.54, 1.807) is 0 Å². The predicted octanol–water partition coefficient (Wildman–Crippen LogP) is 17.6. The summed E-state index contributed by atoms with van der Waals surface area (Å²) in [5.41, 5.74) is 16.0. The van der Waals surface area contributed by atoms with Crippen LogP contribution in [0.1, 0.15) is 0 Å². The number of rotatable bonds is 6. The highest BCUT2D eigenvalue weighted by Gasteiger charge is 2.26. The van der Waals surface area contributed by atoms with Crippen LogP contribution in [-0.2, 0) is 0 Å². The zero-order valence-electron chi connectivity index (χ0n) is 41.5. The quantitative estimate of drug-likeness (QED) is 0.153. The Morgan fingerprint density at radius 2 is 0.846 bits per heavy atom. The number of furan rings is 2. The molecule has 7 heterocycles. The Bertz CT molecular complexity index is 5210. The van der Waals surface area contributed by atoms with E-state index in [1.165, 1.54) is 0 Å². The van der Waals surface area contributed by atoms with Gasteiger partial charge in [-0.15, -0.1) is 0 Å². The van der Waals surface area contributed by atoms with E-state index in [1.807, 2.05) is 79.1 Å². The van der Waals surface area contributed by atoms with Crippen molar-refractivity contribution in [2.75, 3.05) is 0 Å². The fourth-order valence-corrected chi connectivity index (χ4v) is 12.0. The minimum Gasteiger partial charge on any atom is -0.456 e. The van der Waals surface area contributed by atoms with Gasteiger partial charge in [-0.2, -0.15) is 9.97 Å². The molecule has 10 aromatic carbocycles. The van der Waals surface area contributed by atoms with Gasteiger partial charge in [-0.25, -0.2) is 4.98 Å². The van der Waals surface area contributed by atoms with E-state index in [-0.39, 0.29) is 0 Å². The summed E-state index contributed by atoms with van der Waals surface area (Å²) in [5.74, 6) is 1.51. The Morgan fingerprint density at radius 1 is 0.321 bits per heavy atom. The molecule has 0 unspecified atom stereocenters.